The fraction of sp³-hybridized carbons (Fsp3) is 0.267. The third-order valence-corrected chi connectivity index (χ3v) is 3.97. The minimum atomic E-state index is -0.188. The topological polar surface area (TPSA) is 71.1 Å². The molecule has 5 nitrogen and oxygen atoms in total. The lowest BCUT2D eigenvalue weighted by molar-refractivity contribution is 0.0961. The van der Waals surface area contributed by atoms with Crippen LogP contribution in [-0.4, -0.2) is 23.8 Å². The number of nitrogens with one attached hydrogen (secondary N) is 2. The molecule has 0 aliphatic carbocycles. The van der Waals surface area contributed by atoms with Gasteiger partial charge in [-0.1, -0.05) is 13.0 Å². The molecule has 0 aliphatic heterocycles. The predicted octanol–water partition coefficient (Wildman–Crippen LogP) is 2.63. The molecule has 0 saturated carbocycles. The molecule has 0 bridgehead atoms. The Morgan fingerprint density at radius 3 is 2.71 bits per heavy atom. The second-order valence-electron chi connectivity index (χ2n) is 4.48. The number of aromatic nitrogens is 1. The summed E-state index contributed by atoms with van der Waals surface area (Å²) in [5.41, 5.74) is 1.90. The number of amides is 2. The van der Waals surface area contributed by atoms with Crippen molar-refractivity contribution in [3.05, 3.63) is 45.4 Å². The first kappa shape index (κ1) is 15.2. The van der Waals surface area contributed by atoms with E-state index in [1.165, 1.54) is 11.3 Å². The molecule has 21 heavy (non-hydrogen) atoms. The number of aryl methyl sites for hydroxylation is 2. The van der Waals surface area contributed by atoms with Gasteiger partial charge in [-0.25, -0.2) is 4.98 Å². The number of thiazole rings is 1. The third kappa shape index (κ3) is 3.46. The first-order valence-electron chi connectivity index (χ1n) is 6.65. The van der Waals surface area contributed by atoms with Crippen molar-refractivity contribution in [2.75, 3.05) is 12.4 Å². The van der Waals surface area contributed by atoms with Crippen LogP contribution in [0.3, 0.4) is 0 Å². The Balaban J connectivity index is 2.21. The molecule has 2 N–H and O–H groups in total. The third-order valence-electron chi connectivity index (χ3n) is 2.96. The van der Waals surface area contributed by atoms with E-state index in [4.69, 9.17) is 0 Å². The van der Waals surface area contributed by atoms with Gasteiger partial charge in [0.15, 0.2) is 0 Å². The van der Waals surface area contributed by atoms with Crippen LogP contribution in [0.15, 0.2) is 24.3 Å². The highest BCUT2D eigenvalue weighted by molar-refractivity contribution is 7.13. The van der Waals surface area contributed by atoms with E-state index in [0.717, 1.165) is 10.7 Å². The lowest BCUT2D eigenvalue weighted by Crippen LogP contribution is -2.18. The van der Waals surface area contributed by atoms with Gasteiger partial charge in [0.05, 0.1) is 10.7 Å². The molecule has 2 rings (SSSR count). The van der Waals surface area contributed by atoms with E-state index in [0.29, 0.717) is 22.5 Å². The number of hydrogen-bond acceptors (Lipinski definition) is 4. The molecule has 0 radical (unpaired) electrons. The summed E-state index contributed by atoms with van der Waals surface area (Å²) in [5.74, 6) is -0.375. The van der Waals surface area contributed by atoms with Crippen LogP contribution in [0.2, 0.25) is 0 Å². The van der Waals surface area contributed by atoms with Gasteiger partial charge in [0.25, 0.3) is 11.8 Å². The SMILES string of the molecule is CCc1nc(C)sc1C(=O)Nc1cccc(C(=O)NC)c1. The quantitative estimate of drug-likeness (QED) is 0.912. The summed E-state index contributed by atoms with van der Waals surface area (Å²) in [4.78, 5) is 28.9. The fourth-order valence-electron chi connectivity index (χ4n) is 1.96. The molecule has 2 amide bonds. The molecule has 0 spiro atoms. The van der Waals surface area contributed by atoms with Crippen LogP contribution >= 0.6 is 11.3 Å². The molecule has 1 aromatic heterocycles. The summed E-state index contributed by atoms with van der Waals surface area (Å²) >= 11 is 1.38. The minimum Gasteiger partial charge on any atom is -0.355 e. The van der Waals surface area contributed by atoms with Gasteiger partial charge in [0, 0.05) is 18.3 Å². The summed E-state index contributed by atoms with van der Waals surface area (Å²) in [5, 5.41) is 6.24. The summed E-state index contributed by atoms with van der Waals surface area (Å²) in [7, 11) is 1.57. The van der Waals surface area contributed by atoms with E-state index in [9.17, 15) is 9.59 Å². The maximum absolute atomic E-state index is 12.3. The van der Waals surface area contributed by atoms with Gasteiger partial charge < -0.3 is 10.6 Å². The molecule has 1 aromatic carbocycles. The van der Waals surface area contributed by atoms with E-state index in [-0.39, 0.29) is 11.8 Å². The molecule has 1 heterocycles. The Bertz CT molecular complexity index is 679. The van der Waals surface area contributed by atoms with Crippen LogP contribution in [0.5, 0.6) is 0 Å². The average molecular weight is 303 g/mol. The summed E-state index contributed by atoms with van der Waals surface area (Å²) < 4.78 is 0. The van der Waals surface area contributed by atoms with Crippen molar-refractivity contribution >= 4 is 28.8 Å². The monoisotopic (exact) mass is 303 g/mol. The number of hydrogen-bond donors (Lipinski definition) is 2. The standard InChI is InChI=1S/C15H17N3O2S/c1-4-12-13(21-9(2)17-12)15(20)18-11-7-5-6-10(8-11)14(19)16-3/h5-8H,4H2,1-3H3,(H,16,19)(H,18,20). The van der Waals surface area contributed by atoms with Crippen LogP contribution in [0.25, 0.3) is 0 Å². The molecule has 0 unspecified atom stereocenters. The second-order valence-corrected chi connectivity index (χ2v) is 5.68. The Morgan fingerprint density at radius 1 is 1.29 bits per heavy atom. The summed E-state index contributed by atoms with van der Waals surface area (Å²) in [6.45, 7) is 3.85. The van der Waals surface area contributed by atoms with Gasteiger partial charge in [-0.2, -0.15) is 0 Å². The molecule has 2 aromatic rings. The summed E-state index contributed by atoms with van der Waals surface area (Å²) in [6, 6.07) is 6.84. The first-order valence-corrected chi connectivity index (χ1v) is 7.46. The zero-order valence-electron chi connectivity index (χ0n) is 12.2. The number of nitrogens with zero attached hydrogens (tertiary/aromatic N) is 1. The second kappa shape index (κ2) is 6.49. The molecule has 0 fully saturated rings. The Kier molecular flexibility index (Phi) is 4.70. The van der Waals surface area contributed by atoms with E-state index in [1.54, 1.807) is 31.3 Å². The maximum atomic E-state index is 12.3. The van der Waals surface area contributed by atoms with E-state index in [1.807, 2.05) is 13.8 Å². The van der Waals surface area contributed by atoms with Crippen LogP contribution in [0, 0.1) is 6.92 Å². The molecular weight excluding hydrogens is 286 g/mol. The Labute approximate surface area is 127 Å². The lowest BCUT2D eigenvalue weighted by atomic mass is 10.2. The van der Waals surface area contributed by atoms with Crippen LogP contribution < -0.4 is 10.6 Å². The van der Waals surface area contributed by atoms with Gasteiger partial charge >= 0.3 is 0 Å². The maximum Gasteiger partial charge on any atom is 0.267 e. The van der Waals surface area contributed by atoms with Gasteiger partial charge in [-0.3, -0.25) is 9.59 Å². The molecule has 6 heteroatoms. The van der Waals surface area contributed by atoms with Crippen LogP contribution in [0.1, 0.15) is 37.7 Å². The number of carbonyl (C=O) groups excluding carboxylic acids is 2. The van der Waals surface area contributed by atoms with E-state index in [2.05, 4.69) is 15.6 Å². The van der Waals surface area contributed by atoms with Crippen LogP contribution in [-0.2, 0) is 6.42 Å². The highest BCUT2D eigenvalue weighted by Gasteiger charge is 2.16. The summed E-state index contributed by atoms with van der Waals surface area (Å²) in [6.07, 6.45) is 0.714. The first-order chi connectivity index (χ1) is 10.0. The highest BCUT2D eigenvalue weighted by atomic mass is 32.1. The Morgan fingerprint density at radius 2 is 2.05 bits per heavy atom. The number of carbonyl (C=O) groups is 2. The molecule has 0 saturated heterocycles. The lowest BCUT2D eigenvalue weighted by Gasteiger charge is -2.06. The highest BCUT2D eigenvalue weighted by Crippen LogP contribution is 2.20. The van der Waals surface area contributed by atoms with Gasteiger partial charge in [-0.15, -0.1) is 11.3 Å². The zero-order chi connectivity index (χ0) is 15.4. The number of benzene rings is 1. The normalized spacial score (nSPS) is 10.2. The van der Waals surface area contributed by atoms with Crippen molar-refractivity contribution in [2.24, 2.45) is 0 Å². The van der Waals surface area contributed by atoms with Gasteiger partial charge in [-0.05, 0) is 31.5 Å². The van der Waals surface area contributed by atoms with Crippen molar-refractivity contribution in [1.82, 2.24) is 10.3 Å². The van der Waals surface area contributed by atoms with E-state index < -0.39 is 0 Å². The van der Waals surface area contributed by atoms with Gasteiger partial charge in [0.1, 0.15) is 4.88 Å². The molecular formula is C15H17N3O2S. The molecule has 0 atom stereocenters. The number of rotatable bonds is 4. The minimum absolute atomic E-state index is 0.186. The van der Waals surface area contributed by atoms with Crippen molar-refractivity contribution in [1.29, 1.82) is 0 Å². The van der Waals surface area contributed by atoms with Crippen LogP contribution in [0.4, 0.5) is 5.69 Å². The van der Waals surface area contributed by atoms with E-state index >= 15 is 0 Å². The number of anilines is 1. The van der Waals surface area contributed by atoms with Crippen molar-refractivity contribution < 1.29 is 9.59 Å². The van der Waals surface area contributed by atoms with Crippen molar-refractivity contribution in [3.63, 3.8) is 0 Å². The zero-order valence-corrected chi connectivity index (χ0v) is 13.0. The Hall–Kier alpha value is -2.21. The fourth-order valence-corrected chi connectivity index (χ4v) is 2.86. The largest absolute Gasteiger partial charge is 0.355 e. The average Bonchev–Trinajstić information content (AvgIpc) is 2.88. The molecule has 110 valence electrons. The van der Waals surface area contributed by atoms with Crippen molar-refractivity contribution in [3.8, 4) is 0 Å². The molecule has 0 aliphatic rings. The van der Waals surface area contributed by atoms with Crippen molar-refractivity contribution in [2.45, 2.75) is 20.3 Å². The smallest absolute Gasteiger partial charge is 0.267 e. The van der Waals surface area contributed by atoms with Gasteiger partial charge in [0.2, 0.25) is 0 Å². The predicted molar refractivity (Wildman–Crippen MR) is 84.0 cm³/mol.